The first-order chi connectivity index (χ1) is 8.58. The van der Waals surface area contributed by atoms with Crippen molar-refractivity contribution >= 4 is 0 Å². The number of nitrogens with two attached hydrogens (primary N) is 1. The van der Waals surface area contributed by atoms with Gasteiger partial charge in [0, 0.05) is 25.2 Å². The van der Waals surface area contributed by atoms with Crippen molar-refractivity contribution in [2.45, 2.75) is 64.6 Å². The Morgan fingerprint density at radius 2 is 2.00 bits per heavy atom. The van der Waals surface area contributed by atoms with Crippen molar-refractivity contribution < 1.29 is 4.74 Å². The SMILES string of the molecule is CC(C)[C@@H]1C[C@H](N2CCC[C@H]([C@H](C)N)C2)CCO1. The Morgan fingerprint density at radius 1 is 1.22 bits per heavy atom. The summed E-state index contributed by atoms with van der Waals surface area (Å²) < 4.78 is 5.88. The molecule has 0 radical (unpaired) electrons. The minimum Gasteiger partial charge on any atom is -0.378 e. The second-order valence-electron chi connectivity index (χ2n) is 6.59. The van der Waals surface area contributed by atoms with Gasteiger partial charge in [-0.25, -0.2) is 0 Å². The summed E-state index contributed by atoms with van der Waals surface area (Å²) >= 11 is 0. The van der Waals surface area contributed by atoms with E-state index in [1.54, 1.807) is 0 Å². The van der Waals surface area contributed by atoms with E-state index in [1.807, 2.05) is 0 Å². The summed E-state index contributed by atoms with van der Waals surface area (Å²) in [6.45, 7) is 10.1. The van der Waals surface area contributed by atoms with Crippen LogP contribution in [0.2, 0.25) is 0 Å². The molecule has 0 aromatic carbocycles. The van der Waals surface area contributed by atoms with E-state index in [9.17, 15) is 0 Å². The number of likely N-dealkylation sites (tertiary alicyclic amines) is 1. The maximum atomic E-state index is 6.08. The van der Waals surface area contributed by atoms with Crippen LogP contribution in [0.1, 0.15) is 46.5 Å². The first-order valence-electron chi connectivity index (χ1n) is 7.69. The van der Waals surface area contributed by atoms with Crippen LogP contribution in [-0.4, -0.2) is 42.8 Å². The Morgan fingerprint density at radius 3 is 2.67 bits per heavy atom. The third-order valence-electron chi connectivity index (χ3n) is 4.78. The third kappa shape index (κ3) is 3.46. The average Bonchev–Trinajstić information content (AvgIpc) is 2.39. The largest absolute Gasteiger partial charge is 0.378 e. The predicted octanol–water partition coefficient (Wildman–Crippen LogP) is 2.25. The summed E-state index contributed by atoms with van der Waals surface area (Å²) in [5, 5.41) is 0. The first-order valence-corrected chi connectivity index (χ1v) is 7.69. The Hall–Kier alpha value is -0.120. The molecule has 0 aromatic rings. The molecule has 2 heterocycles. The van der Waals surface area contributed by atoms with Crippen molar-refractivity contribution in [1.82, 2.24) is 4.90 Å². The van der Waals surface area contributed by atoms with Crippen LogP contribution in [0.15, 0.2) is 0 Å². The third-order valence-corrected chi connectivity index (χ3v) is 4.78. The number of nitrogens with zero attached hydrogens (tertiary/aromatic N) is 1. The molecule has 18 heavy (non-hydrogen) atoms. The fourth-order valence-corrected chi connectivity index (χ4v) is 3.41. The van der Waals surface area contributed by atoms with E-state index in [-0.39, 0.29) is 0 Å². The fraction of sp³-hybridized carbons (Fsp3) is 1.00. The van der Waals surface area contributed by atoms with Crippen LogP contribution < -0.4 is 5.73 Å². The molecule has 0 amide bonds. The second-order valence-corrected chi connectivity index (χ2v) is 6.59. The number of hydrogen-bond donors (Lipinski definition) is 1. The second kappa shape index (κ2) is 6.36. The molecule has 0 bridgehead atoms. The van der Waals surface area contributed by atoms with Gasteiger partial charge in [0.05, 0.1) is 6.10 Å². The molecule has 2 N–H and O–H groups in total. The monoisotopic (exact) mass is 254 g/mol. The summed E-state index contributed by atoms with van der Waals surface area (Å²) in [5.41, 5.74) is 6.08. The lowest BCUT2D eigenvalue weighted by atomic mass is 9.88. The number of hydrogen-bond acceptors (Lipinski definition) is 3. The van der Waals surface area contributed by atoms with Gasteiger partial charge >= 0.3 is 0 Å². The number of ether oxygens (including phenoxy) is 1. The Balaban J connectivity index is 1.90. The number of piperidine rings is 1. The van der Waals surface area contributed by atoms with Gasteiger partial charge in [-0.2, -0.15) is 0 Å². The fourth-order valence-electron chi connectivity index (χ4n) is 3.41. The molecule has 106 valence electrons. The van der Waals surface area contributed by atoms with Crippen molar-refractivity contribution in [3.63, 3.8) is 0 Å². The predicted molar refractivity (Wildman–Crippen MR) is 75.5 cm³/mol. The lowest BCUT2D eigenvalue weighted by molar-refractivity contribution is -0.0554. The van der Waals surface area contributed by atoms with Gasteiger partial charge in [0.1, 0.15) is 0 Å². The zero-order valence-electron chi connectivity index (χ0n) is 12.3. The van der Waals surface area contributed by atoms with Crippen LogP contribution in [0.5, 0.6) is 0 Å². The van der Waals surface area contributed by atoms with Crippen LogP contribution >= 0.6 is 0 Å². The summed E-state index contributed by atoms with van der Waals surface area (Å²) in [5.74, 6) is 1.33. The molecule has 0 spiro atoms. The smallest absolute Gasteiger partial charge is 0.0612 e. The lowest BCUT2D eigenvalue weighted by Crippen LogP contribution is -2.50. The molecule has 0 aromatic heterocycles. The number of rotatable bonds is 3. The van der Waals surface area contributed by atoms with Gasteiger partial charge in [0.2, 0.25) is 0 Å². The Labute approximate surface area is 112 Å². The summed E-state index contributed by atoms with van der Waals surface area (Å²) in [6.07, 6.45) is 5.50. The zero-order valence-corrected chi connectivity index (χ0v) is 12.3. The van der Waals surface area contributed by atoms with Crippen molar-refractivity contribution in [1.29, 1.82) is 0 Å². The standard InChI is InChI=1S/C15H30N2O/c1-11(2)15-9-14(6-8-18-15)17-7-4-5-13(10-17)12(3)16/h11-15H,4-10,16H2,1-3H3/t12-,13-,14+,15-/m0/s1. The lowest BCUT2D eigenvalue weighted by Gasteiger charge is -2.43. The van der Waals surface area contributed by atoms with E-state index in [1.165, 1.54) is 38.8 Å². The van der Waals surface area contributed by atoms with E-state index in [0.29, 0.717) is 24.0 Å². The molecule has 2 fully saturated rings. The molecule has 0 saturated carbocycles. The minimum atomic E-state index is 0.341. The van der Waals surface area contributed by atoms with Crippen molar-refractivity contribution in [2.24, 2.45) is 17.6 Å². The highest BCUT2D eigenvalue weighted by atomic mass is 16.5. The minimum absolute atomic E-state index is 0.341. The first kappa shape index (κ1) is 14.3. The van der Waals surface area contributed by atoms with Crippen LogP contribution in [-0.2, 0) is 4.74 Å². The topological polar surface area (TPSA) is 38.5 Å². The van der Waals surface area contributed by atoms with Crippen molar-refractivity contribution in [2.75, 3.05) is 19.7 Å². The molecule has 2 rings (SSSR count). The molecule has 3 heteroatoms. The van der Waals surface area contributed by atoms with E-state index in [0.717, 1.165) is 12.6 Å². The van der Waals surface area contributed by atoms with Gasteiger partial charge in [0.25, 0.3) is 0 Å². The highest BCUT2D eigenvalue weighted by Crippen LogP contribution is 2.28. The molecule has 2 aliphatic rings. The molecule has 4 atom stereocenters. The summed E-state index contributed by atoms with van der Waals surface area (Å²) in [4.78, 5) is 2.69. The van der Waals surface area contributed by atoms with E-state index in [2.05, 4.69) is 25.7 Å². The van der Waals surface area contributed by atoms with Crippen LogP contribution in [0, 0.1) is 11.8 Å². The highest BCUT2D eigenvalue weighted by Gasteiger charge is 2.32. The summed E-state index contributed by atoms with van der Waals surface area (Å²) in [7, 11) is 0. The maximum Gasteiger partial charge on any atom is 0.0612 e. The Kier molecular flexibility index (Phi) is 5.05. The van der Waals surface area contributed by atoms with E-state index < -0.39 is 0 Å². The van der Waals surface area contributed by atoms with E-state index in [4.69, 9.17) is 10.5 Å². The van der Waals surface area contributed by atoms with Gasteiger partial charge in [-0.1, -0.05) is 13.8 Å². The normalized spacial score (nSPS) is 36.8. The van der Waals surface area contributed by atoms with Crippen LogP contribution in [0.4, 0.5) is 0 Å². The molecule has 0 unspecified atom stereocenters. The zero-order chi connectivity index (χ0) is 13.1. The van der Waals surface area contributed by atoms with Gasteiger partial charge in [-0.05, 0) is 51.0 Å². The van der Waals surface area contributed by atoms with Crippen molar-refractivity contribution in [3.8, 4) is 0 Å². The van der Waals surface area contributed by atoms with Gasteiger partial charge in [-0.3, -0.25) is 4.90 Å². The summed E-state index contributed by atoms with van der Waals surface area (Å²) in [6, 6.07) is 1.07. The quantitative estimate of drug-likeness (QED) is 0.839. The molecule has 2 aliphatic heterocycles. The molecule has 3 nitrogen and oxygen atoms in total. The highest BCUT2D eigenvalue weighted by molar-refractivity contribution is 4.86. The molecule has 0 aliphatic carbocycles. The maximum absolute atomic E-state index is 6.08. The van der Waals surface area contributed by atoms with E-state index >= 15 is 0 Å². The molecular weight excluding hydrogens is 224 g/mol. The molecule has 2 saturated heterocycles. The average molecular weight is 254 g/mol. The molecular formula is C15H30N2O. The van der Waals surface area contributed by atoms with Crippen LogP contribution in [0.3, 0.4) is 0 Å². The van der Waals surface area contributed by atoms with Gasteiger partial charge in [-0.15, -0.1) is 0 Å². The Bertz CT molecular complexity index is 229. The van der Waals surface area contributed by atoms with Gasteiger partial charge < -0.3 is 10.5 Å². The van der Waals surface area contributed by atoms with Crippen LogP contribution in [0.25, 0.3) is 0 Å². The van der Waals surface area contributed by atoms with Crippen molar-refractivity contribution in [3.05, 3.63) is 0 Å². The van der Waals surface area contributed by atoms with Gasteiger partial charge in [0.15, 0.2) is 0 Å².